The van der Waals surface area contributed by atoms with E-state index in [1.165, 1.54) is 43.3 Å². The molecule has 0 aliphatic carbocycles. The third-order valence-electron chi connectivity index (χ3n) is 4.57. The molecular formula is C21H23ClN4O5S. The second kappa shape index (κ2) is 10.1. The molecule has 1 heterocycles. The number of carbonyl (C=O) groups is 1. The molecule has 9 nitrogen and oxygen atoms in total. The molecule has 0 unspecified atom stereocenters. The van der Waals surface area contributed by atoms with Gasteiger partial charge in [0.25, 0.3) is 0 Å². The van der Waals surface area contributed by atoms with Crippen molar-refractivity contribution >= 4 is 27.5 Å². The molecule has 0 radical (unpaired) electrons. The van der Waals surface area contributed by atoms with Crippen LogP contribution in [0.2, 0.25) is 5.02 Å². The second-order valence-electron chi connectivity index (χ2n) is 6.93. The van der Waals surface area contributed by atoms with E-state index in [-0.39, 0.29) is 23.9 Å². The number of amides is 1. The minimum atomic E-state index is -3.83. The van der Waals surface area contributed by atoms with Crippen LogP contribution in [0.25, 0.3) is 11.4 Å². The zero-order valence-electron chi connectivity index (χ0n) is 17.9. The molecule has 170 valence electrons. The van der Waals surface area contributed by atoms with Crippen molar-refractivity contribution in [1.29, 1.82) is 0 Å². The number of rotatable bonds is 9. The number of carbonyl (C=O) groups excluding carboxylic acids is 1. The van der Waals surface area contributed by atoms with Crippen LogP contribution in [0.15, 0.2) is 57.9 Å². The van der Waals surface area contributed by atoms with Crippen molar-refractivity contribution in [3.63, 3.8) is 0 Å². The molecule has 1 aromatic heterocycles. The van der Waals surface area contributed by atoms with Crippen LogP contribution in [0.5, 0.6) is 5.75 Å². The van der Waals surface area contributed by atoms with Crippen molar-refractivity contribution in [3.8, 4) is 17.1 Å². The summed E-state index contributed by atoms with van der Waals surface area (Å²) in [7, 11) is -0.958. The first-order chi connectivity index (χ1) is 15.2. The van der Waals surface area contributed by atoms with Crippen molar-refractivity contribution in [1.82, 2.24) is 19.3 Å². The Morgan fingerprint density at radius 2 is 1.75 bits per heavy atom. The van der Waals surface area contributed by atoms with Gasteiger partial charge < -0.3 is 14.2 Å². The predicted molar refractivity (Wildman–Crippen MR) is 119 cm³/mol. The Bertz CT molecular complexity index is 1160. The summed E-state index contributed by atoms with van der Waals surface area (Å²) in [6.07, 6.45) is 0. The Morgan fingerprint density at radius 3 is 2.38 bits per heavy atom. The van der Waals surface area contributed by atoms with Gasteiger partial charge in [-0.05, 0) is 55.5 Å². The van der Waals surface area contributed by atoms with Gasteiger partial charge in [0.1, 0.15) is 5.75 Å². The number of aromatic nitrogens is 2. The lowest BCUT2D eigenvalue weighted by Gasteiger charge is -2.20. The van der Waals surface area contributed by atoms with Crippen molar-refractivity contribution in [3.05, 3.63) is 59.4 Å². The van der Waals surface area contributed by atoms with Crippen LogP contribution in [-0.2, 0) is 21.4 Å². The standard InChI is InChI=1S/C21H23ClN4O5S/c1-4-30-17-9-5-15(6-10-17)21-23-19(31-24-21)13-25(2)20(27)14-26(3)32(28,29)18-11-7-16(22)8-12-18/h5-12H,4,13-14H2,1-3H3. The molecule has 0 spiro atoms. The molecule has 32 heavy (non-hydrogen) atoms. The Hall–Kier alpha value is -2.95. The zero-order chi connectivity index (χ0) is 23.3. The second-order valence-corrected chi connectivity index (χ2v) is 9.42. The fourth-order valence-electron chi connectivity index (χ4n) is 2.78. The van der Waals surface area contributed by atoms with Gasteiger partial charge >= 0.3 is 0 Å². The molecular weight excluding hydrogens is 456 g/mol. The predicted octanol–water partition coefficient (Wildman–Crippen LogP) is 3.07. The van der Waals surface area contributed by atoms with Gasteiger partial charge in [-0.1, -0.05) is 16.8 Å². The summed E-state index contributed by atoms with van der Waals surface area (Å²) < 4.78 is 36.9. The van der Waals surface area contributed by atoms with E-state index in [9.17, 15) is 13.2 Å². The average Bonchev–Trinajstić information content (AvgIpc) is 3.23. The summed E-state index contributed by atoms with van der Waals surface area (Å²) in [4.78, 5) is 18.2. The maximum Gasteiger partial charge on any atom is 0.246 e. The summed E-state index contributed by atoms with van der Waals surface area (Å²) in [5.74, 6) is 0.924. The highest BCUT2D eigenvalue weighted by Crippen LogP contribution is 2.21. The topological polar surface area (TPSA) is 106 Å². The van der Waals surface area contributed by atoms with Crippen LogP contribution in [0.3, 0.4) is 0 Å². The molecule has 0 fully saturated rings. The average molecular weight is 479 g/mol. The molecule has 0 aliphatic heterocycles. The normalized spacial score (nSPS) is 11.5. The van der Waals surface area contributed by atoms with Gasteiger partial charge in [0.2, 0.25) is 27.6 Å². The first-order valence-corrected chi connectivity index (χ1v) is 11.5. The van der Waals surface area contributed by atoms with E-state index in [1.807, 2.05) is 31.2 Å². The van der Waals surface area contributed by atoms with Crippen molar-refractivity contribution in [2.75, 3.05) is 27.2 Å². The molecule has 0 bridgehead atoms. The number of halogens is 1. The first-order valence-electron chi connectivity index (χ1n) is 9.72. The van der Waals surface area contributed by atoms with E-state index in [0.29, 0.717) is 17.5 Å². The molecule has 0 saturated carbocycles. The van der Waals surface area contributed by atoms with E-state index >= 15 is 0 Å². The van der Waals surface area contributed by atoms with Crippen LogP contribution < -0.4 is 4.74 Å². The molecule has 3 aromatic rings. The van der Waals surface area contributed by atoms with E-state index in [1.54, 1.807) is 0 Å². The minimum absolute atomic E-state index is 0.0394. The van der Waals surface area contributed by atoms with Gasteiger partial charge in [-0.15, -0.1) is 0 Å². The molecule has 0 N–H and O–H groups in total. The Kier molecular flexibility index (Phi) is 7.49. The molecule has 0 atom stereocenters. The summed E-state index contributed by atoms with van der Waals surface area (Å²) in [5.41, 5.74) is 0.742. The molecule has 0 aliphatic rings. The summed E-state index contributed by atoms with van der Waals surface area (Å²) in [6.45, 7) is 2.17. The zero-order valence-corrected chi connectivity index (χ0v) is 19.4. The molecule has 0 saturated heterocycles. The highest BCUT2D eigenvalue weighted by molar-refractivity contribution is 7.89. The quantitative estimate of drug-likeness (QED) is 0.465. The van der Waals surface area contributed by atoms with Crippen LogP contribution in [0.4, 0.5) is 0 Å². The number of likely N-dealkylation sites (N-methyl/N-ethyl adjacent to an activating group) is 2. The number of nitrogens with zero attached hydrogens (tertiary/aromatic N) is 4. The fraction of sp³-hybridized carbons (Fsp3) is 0.286. The Labute approximate surface area is 191 Å². The van der Waals surface area contributed by atoms with E-state index < -0.39 is 15.9 Å². The minimum Gasteiger partial charge on any atom is -0.494 e. The maximum atomic E-state index is 12.6. The Balaban J connectivity index is 1.61. The lowest BCUT2D eigenvalue weighted by molar-refractivity contribution is -0.130. The van der Waals surface area contributed by atoms with Crippen molar-refractivity contribution in [2.24, 2.45) is 0 Å². The third-order valence-corrected chi connectivity index (χ3v) is 6.64. The van der Waals surface area contributed by atoms with Gasteiger partial charge in [0, 0.05) is 24.7 Å². The van der Waals surface area contributed by atoms with Gasteiger partial charge in [-0.3, -0.25) is 4.79 Å². The fourth-order valence-corrected chi connectivity index (χ4v) is 4.02. The molecule has 1 amide bonds. The van der Waals surface area contributed by atoms with Crippen LogP contribution in [-0.4, -0.2) is 60.9 Å². The smallest absolute Gasteiger partial charge is 0.246 e. The number of sulfonamides is 1. The monoisotopic (exact) mass is 478 g/mol. The molecule has 3 rings (SSSR count). The summed E-state index contributed by atoms with van der Waals surface area (Å²) in [6, 6.07) is 13.0. The largest absolute Gasteiger partial charge is 0.494 e. The first kappa shape index (κ1) is 23.7. The van der Waals surface area contributed by atoms with Gasteiger partial charge in [0.15, 0.2) is 0 Å². The van der Waals surface area contributed by atoms with Gasteiger partial charge in [-0.2, -0.15) is 9.29 Å². The molecule has 2 aromatic carbocycles. The van der Waals surface area contributed by atoms with E-state index in [4.69, 9.17) is 20.9 Å². The Morgan fingerprint density at radius 1 is 1.09 bits per heavy atom. The van der Waals surface area contributed by atoms with Crippen LogP contribution in [0, 0.1) is 0 Å². The number of ether oxygens (including phenoxy) is 1. The van der Waals surface area contributed by atoms with Gasteiger partial charge in [-0.25, -0.2) is 8.42 Å². The van der Waals surface area contributed by atoms with Gasteiger partial charge in [0.05, 0.1) is 24.6 Å². The number of hydrogen-bond donors (Lipinski definition) is 0. The number of benzene rings is 2. The van der Waals surface area contributed by atoms with E-state index in [0.717, 1.165) is 15.6 Å². The highest BCUT2D eigenvalue weighted by Gasteiger charge is 2.25. The van der Waals surface area contributed by atoms with Crippen LogP contribution >= 0.6 is 11.6 Å². The highest BCUT2D eigenvalue weighted by atomic mass is 35.5. The third kappa shape index (κ3) is 5.64. The van der Waals surface area contributed by atoms with E-state index in [2.05, 4.69) is 10.1 Å². The van der Waals surface area contributed by atoms with Crippen LogP contribution in [0.1, 0.15) is 12.8 Å². The van der Waals surface area contributed by atoms with Crippen molar-refractivity contribution < 1.29 is 22.5 Å². The summed E-state index contributed by atoms with van der Waals surface area (Å²) >= 11 is 5.81. The lowest BCUT2D eigenvalue weighted by atomic mass is 10.2. The number of hydrogen-bond acceptors (Lipinski definition) is 7. The maximum absolute atomic E-state index is 12.6. The van der Waals surface area contributed by atoms with Crippen molar-refractivity contribution in [2.45, 2.75) is 18.4 Å². The molecule has 11 heteroatoms. The SMILES string of the molecule is CCOc1ccc(-c2noc(CN(C)C(=O)CN(C)S(=O)(=O)c3ccc(Cl)cc3)n2)cc1. The lowest BCUT2D eigenvalue weighted by Crippen LogP contribution is -2.39. The summed E-state index contributed by atoms with van der Waals surface area (Å²) in [5, 5.41) is 4.36.